The van der Waals surface area contributed by atoms with Gasteiger partial charge in [-0.25, -0.2) is 9.69 Å². The lowest BCUT2D eigenvalue weighted by molar-refractivity contribution is -0.122. The maximum absolute atomic E-state index is 13.5. The summed E-state index contributed by atoms with van der Waals surface area (Å²) in [6, 6.07) is 15.0. The maximum Gasteiger partial charge on any atom is 0.335 e. The van der Waals surface area contributed by atoms with Gasteiger partial charge in [0.2, 0.25) is 0 Å². The van der Waals surface area contributed by atoms with E-state index < -0.39 is 30.4 Å². The Morgan fingerprint density at radius 1 is 0.929 bits per heavy atom. The molecule has 1 fully saturated rings. The number of amides is 5. The molecule has 0 aliphatic carbocycles. The number of carbonyl (C=O) groups excluding carboxylic acids is 4. The van der Waals surface area contributed by atoms with Gasteiger partial charge in [0.1, 0.15) is 17.1 Å². The fraction of sp³-hybridized carbons (Fsp3) is 0.200. The third kappa shape index (κ3) is 6.81. The van der Waals surface area contributed by atoms with Crippen LogP contribution < -0.4 is 34.5 Å². The van der Waals surface area contributed by atoms with Gasteiger partial charge in [-0.1, -0.05) is 30.7 Å². The number of methoxy groups -OCH3 is 2. The number of anilines is 2. The van der Waals surface area contributed by atoms with E-state index in [2.05, 4.69) is 10.6 Å². The van der Waals surface area contributed by atoms with Crippen molar-refractivity contribution in [1.82, 2.24) is 5.32 Å². The molecule has 42 heavy (non-hydrogen) atoms. The Morgan fingerprint density at radius 3 is 2.40 bits per heavy atom. The molecule has 3 aromatic carbocycles. The monoisotopic (exact) mass is 593 g/mol. The standard InChI is InChI=1S/C30H28ClN3O8/c1-4-13-41-25-12-10-20(16-26(25)40-3)34-29(37)21(28(36)33-30(34)38)15-18-14-19(31)9-11-23(18)42-17-27(35)32-22-7-5-6-8-24(22)39-2/h5-12,14-16H,4,13,17H2,1-3H3,(H,32,35)(H,33,36,38)/b21-15-. The van der Waals surface area contributed by atoms with Crippen LogP contribution in [0.2, 0.25) is 5.02 Å². The van der Waals surface area contributed by atoms with Gasteiger partial charge in [0.25, 0.3) is 17.7 Å². The molecule has 1 aliphatic rings. The summed E-state index contributed by atoms with van der Waals surface area (Å²) in [5.41, 5.74) is 0.502. The molecule has 2 N–H and O–H groups in total. The summed E-state index contributed by atoms with van der Waals surface area (Å²) in [6.07, 6.45) is 2.02. The molecule has 1 saturated heterocycles. The number of nitrogens with one attached hydrogen (secondary N) is 2. The topological polar surface area (TPSA) is 132 Å². The number of barbiturate groups is 1. The van der Waals surface area contributed by atoms with Gasteiger partial charge in [-0.05, 0) is 55.0 Å². The average molecular weight is 594 g/mol. The molecule has 3 aromatic rings. The van der Waals surface area contributed by atoms with Gasteiger partial charge in [-0.15, -0.1) is 0 Å². The second-order valence-electron chi connectivity index (χ2n) is 8.86. The minimum atomic E-state index is -0.929. The van der Waals surface area contributed by atoms with Crippen molar-refractivity contribution in [2.75, 3.05) is 37.7 Å². The maximum atomic E-state index is 13.5. The zero-order valence-corrected chi connectivity index (χ0v) is 23.8. The summed E-state index contributed by atoms with van der Waals surface area (Å²) in [5.74, 6) is -0.869. The molecule has 0 saturated carbocycles. The van der Waals surface area contributed by atoms with Gasteiger partial charge in [0.05, 0.1) is 32.2 Å². The highest BCUT2D eigenvalue weighted by Gasteiger charge is 2.37. The molecule has 0 radical (unpaired) electrons. The Hall–Kier alpha value is -5.03. The summed E-state index contributed by atoms with van der Waals surface area (Å²) in [4.78, 5) is 52.4. The van der Waals surface area contributed by atoms with Crippen LogP contribution in [0.15, 0.2) is 66.2 Å². The van der Waals surface area contributed by atoms with E-state index in [0.29, 0.717) is 29.5 Å². The first-order chi connectivity index (χ1) is 20.2. The number of rotatable bonds is 11. The molecule has 12 heteroatoms. The number of para-hydroxylation sites is 2. The first-order valence-electron chi connectivity index (χ1n) is 12.8. The molecule has 0 unspecified atom stereocenters. The molecule has 4 rings (SSSR count). The molecule has 11 nitrogen and oxygen atoms in total. The number of halogens is 1. The second-order valence-corrected chi connectivity index (χ2v) is 9.30. The molecule has 218 valence electrons. The van der Waals surface area contributed by atoms with Crippen LogP contribution in [0.5, 0.6) is 23.0 Å². The van der Waals surface area contributed by atoms with Crippen LogP contribution in [0.25, 0.3) is 6.08 Å². The Labute approximate surface area is 246 Å². The van der Waals surface area contributed by atoms with E-state index in [9.17, 15) is 19.2 Å². The van der Waals surface area contributed by atoms with Gasteiger partial charge >= 0.3 is 6.03 Å². The molecule has 0 spiro atoms. The fourth-order valence-electron chi connectivity index (χ4n) is 4.02. The summed E-state index contributed by atoms with van der Waals surface area (Å²) < 4.78 is 22.0. The molecular formula is C30H28ClN3O8. The number of hydrogen-bond acceptors (Lipinski definition) is 8. The molecule has 0 atom stereocenters. The second kappa shape index (κ2) is 13.6. The van der Waals surface area contributed by atoms with Crippen molar-refractivity contribution in [3.05, 3.63) is 76.8 Å². The third-order valence-corrected chi connectivity index (χ3v) is 6.22. The Balaban J connectivity index is 1.59. The number of urea groups is 1. The van der Waals surface area contributed by atoms with Crippen molar-refractivity contribution in [1.29, 1.82) is 0 Å². The molecule has 5 amide bonds. The van der Waals surface area contributed by atoms with Crippen LogP contribution >= 0.6 is 11.6 Å². The van der Waals surface area contributed by atoms with Crippen molar-refractivity contribution < 1.29 is 38.1 Å². The lowest BCUT2D eigenvalue weighted by Gasteiger charge is -2.27. The van der Waals surface area contributed by atoms with Crippen LogP contribution in [0.3, 0.4) is 0 Å². The minimum Gasteiger partial charge on any atom is -0.495 e. The lowest BCUT2D eigenvalue weighted by atomic mass is 10.1. The van der Waals surface area contributed by atoms with Crippen molar-refractivity contribution in [3.8, 4) is 23.0 Å². The Bertz CT molecular complexity index is 1560. The highest BCUT2D eigenvalue weighted by Crippen LogP contribution is 2.34. The molecule has 1 aliphatic heterocycles. The molecule has 0 aromatic heterocycles. The average Bonchev–Trinajstić information content (AvgIpc) is 2.98. The van der Waals surface area contributed by atoms with Crippen molar-refractivity contribution in [2.24, 2.45) is 0 Å². The Kier molecular flexibility index (Phi) is 9.66. The van der Waals surface area contributed by atoms with Gasteiger partial charge in [0, 0.05) is 16.7 Å². The quantitative estimate of drug-likeness (QED) is 0.239. The van der Waals surface area contributed by atoms with E-state index in [1.165, 1.54) is 50.6 Å². The van der Waals surface area contributed by atoms with Gasteiger partial charge in [0.15, 0.2) is 18.1 Å². The van der Waals surface area contributed by atoms with Crippen LogP contribution in [-0.2, 0) is 14.4 Å². The predicted molar refractivity (Wildman–Crippen MR) is 156 cm³/mol. The largest absolute Gasteiger partial charge is 0.495 e. The SMILES string of the molecule is CCCOc1ccc(N2C(=O)NC(=O)/C(=C/c3cc(Cl)ccc3OCC(=O)Nc3ccccc3OC)C2=O)cc1OC. The smallest absolute Gasteiger partial charge is 0.335 e. The summed E-state index contributed by atoms with van der Waals surface area (Å²) in [5, 5.41) is 5.16. The predicted octanol–water partition coefficient (Wildman–Crippen LogP) is 4.83. The van der Waals surface area contributed by atoms with E-state index in [1.54, 1.807) is 30.3 Å². The van der Waals surface area contributed by atoms with E-state index in [4.69, 9.17) is 30.5 Å². The first-order valence-corrected chi connectivity index (χ1v) is 13.2. The highest BCUT2D eigenvalue weighted by molar-refractivity contribution is 6.39. The summed E-state index contributed by atoms with van der Waals surface area (Å²) in [7, 11) is 2.92. The van der Waals surface area contributed by atoms with Crippen LogP contribution in [-0.4, -0.2) is 51.2 Å². The van der Waals surface area contributed by atoms with Crippen molar-refractivity contribution in [3.63, 3.8) is 0 Å². The summed E-state index contributed by atoms with van der Waals surface area (Å²) >= 11 is 6.19. The van der Waals surface area contributed by atoms with Gasteiger partial charge in [-0.2, -0.15) is 0 Å². The van der Waals surface area contributed by atoms with Crippen LogP contribution in [0, 0.1) is 0 Å². The van der Waals surface area contributed by atoms with Crippen molar-refractivity contribution in [2.45, 2.75) is 13.3 Å². The minimum absolute atomic E-state index is 0.159. The van der Waals surface area contributed by atoms with E-state index in [-0.39, 0.29) is 27.6 Å². The molecule has 0 bridgehead atoms. The first kappa shape index (κ1) is 29.9. The lowest BCUT2D eigenvalue weighted by Crippen LogP contribution is -2.54. The number of carbonyl (C=O) groups is 4. The van der Waals surface area contributed by atoms with Crippen LogP contribution in [0.1, 0.15) is 18.9 Å². The molecular weight excluding hydrogens is 566 g/mol. The highest BCUT2D eigenvalue weighted by atomic mass is 35.5. The number of benzene rings is 3. The van der Waals surface area contributed by atoms with Gasteiger partial charge < -0.3 is 24.3 Å². The van der Waals surface area contributed by atoms with Crippen molar-refractivity contribution >= 4 is 52.8 Å². The number of imide groups is 2. The molecule has 1 heterocycles. The zero-order chi connectivity index (χ0) is 30.2. The van der Waals surface area contributed by atoms with E-state index >= 15 is 0 Å². The van der Waals surface area contributed by atoms with E-state index in [1.807, 2.05) is 6.92 Å². The van der Waals surface area contributed by atoms with Gasteiger partial charge in [-0.3, -0.25) is 19.7 Å². The van der Waals surface area contributed by atoms with E-state index in [0.717, 1.165) is 11.3 Å². The number of ether oxygens (including phenoxy) is 4. The number of hydrogen-bond donors (Lipinski definition) is 2. The Morgan fingerprint density at radius 2 is 1.67 bits per heavy atom. The normalized spacial score (nSPS) is 14.0. The zero-order valence-electron chi connectivity index (χ0n) is 23.1. The fourth-order valence-corrected chi connectivity index (χ4v) is 4.20. The third-order valence-electron chi connectivity index (χ3n) is 5.98. The van der Waals surface area contributed by atoms with Crippen LogP contribution in [0.4, 0.5) is 16.2 Å². The summed E-state index contributed by atoms with van der Waals surface area (Å²) in [6.45, 7) is 2.01. The number of nitrogens with zero attached hydrogens (tertiary/aromatic N) is 1.